The summed E-state index contributed by atoms with van der Waals surface area (Å²) in [4.78, 5) is 13.7. The fraction of sp³-hybridized carbons (Fsp3) is 0.923. The minimum absolute atomic E-state index is 0.318. The standard InChI is InChI=1S/C13H24N2O/c1-2-13(16)15-9-5-8-12(10-15)14-11-6-3-4-7-11/h11-12,14H,2-10H2,1H3. The van der Waals surface area contributed by atoms with E-state index in [0.717, 1.165) is 25.6 Å². The Bertz CT molecular complexity index is 236. The first kappa shape index (κ1) is 11.9. The molecular weight excluding hydrogens is 200 g/mol. The Balaban J connectivity index is 1.79. The molecule has 1 unspecified atom stereocenters. The number of amides is 1. The van der Waals surface area contributed by atoms with Gasteiger partial charge < -0.3 is 10.2 Å². The molecule has 0 aromatic carbocycles. The third kappa shape index (κ3) is 2.97. The molecule has 16 heavy (non-hydrogen) atoms. The van der Waals surface area contributed by atoms with Crippen LogP contribution in [0.3, 0.4) is 0 Å². The fourth-order valence-electron chi connectivity index (χ4n) is 2.99. The summed E-state index contributed by atoms with van der Waals surface area (Å²) in [5.41, 5.74) is 0. The van der Waals surface area contributed by atoms with Crippen LogP contribution < -0.4 is 5.32 Å². The summed E-state index contributed by atoms with van der Waals surface area (Å²) in [5, 5.41) is 3.73. The zero-order chi connectivity index (χ0) is 11.4. The molecule has 1 heterocycles. The highest BCUT2D eigenvalue weighted by Crippen LogP contribution is 2.20. The molecule has 1 saturated heterocycles. The quantitative estimate of drug-likeness (QED) is 0.794. The van der Waals surface area contributed by atoms with Crippen LogP contribution in [0.2, 0.25) is 0 Å². The van der Waals surface area contributed by atoms with E-state index in [2.05, 4.69) is 5.32 Å². The average Bonchev–Trinajstić information content (AvgIpc) is 2.81. The normalized spacial score (nSPS) is 27.3. The second-order valence-corrected chi connectivity index (χ2v) is 5.18. The van der Waals surface area contributed by atoms with Crippen LogP contribution in [-0.4, -0.2) is 36.0 Å². The molecule has 0 bridgehead atoms. The molecule has 1 amide bonds. The Morgan fingerprint density at radius 2 is 1.88 bits per heavy atom. The van der Waals surface area contributed by atoms with Crippen LogP contribution in [0.4, 0.5) is 0 Å². The first-order valence-electron chi connectivity index (χ1n) is 6.83. The number of hydrogen-bond donors (Lipinski definition) is 1. The summed E-state index contributed by atoms with van der Waals surface area (Å²) in [6.45, 7) is 3.86. The average molecular weight is 224 g/mol. The molecule has 1 aliphatic carbocycles. The monoisotopic (exact) mass is 224 g/mol. The van der Waals surface area contributed by atoms with Gasteiger partial charge in [0.25, 0.3) is 0 Å². The topological polar surface area (TPSA) is 32.3 Å². The highest BCUT2D eigenvalue weighted by atomic mass is 16.2. The van der Waals surface area contributed by atoms with E-state index >= 15 is 0 Å². The smallest absolute Gasteiger partial charge is 0.222 e. The van der Waals surface area contributed by atoms with Gasteiger partial charge in [0.15, 0.2) is 0 Å². The van der Waals surface area contributed by atoms with Crippen molar-refractivity contribution in [3.8, 4) is 0 Å². The van der Waals surface area contributed by atoms with Crippen molar-refractivity contribution >= 4 is 5.91 Å². The first-order valence-corrected chi connectivity index (χ1v) is 6.83. The summed E-state index contributed by atoms with van der Waals surface area (Å²) in [5.74, 6) is 0.318. The Morgan fingerprint density at radius 3 is 2.56 bits per heavy atom. The summed E-state index contributed by atoms with van der Waals surface area (Å²) < 4.78 is 0. The van der Waals surface area contributed by atoms with Gasteiger partial charge in [-0.25, -0.2) is 0 Å². The van der Waals surface area contributed by atoms with E-state index in [1.165, 1.54) is 32.1 Å². The van der Waals surface area contributed by atoms with Crippen molar-refractivity contribution in [2.45, 2.75) is 64.0 Å². The van der Waals surface area contributed by atoms with Gasteiger partial charge >= 0.3 is 0 Å². The maximum atomic E-state index is 11.6. The Labute approximate surface area is 98.6 Å². The molecule has 3 heteroatoms. The summed E-state index contributed by atoms with van der Waals surface area (Å²) in [6.07, 6.45) is 8.47. The van der Waals surface area contributed by atoms with E-state index in [0.29, 0.717) is 18.4 Å². The molecule has 1 atom stereocenters. The highest BCUT2D eigenvalue weighted by molar-refractivity contribution is 5.75. The van der Waals surface area contributed by atoms with Gasteiger partial charge in [-0.2, -0.15) is 0 Å². The number of nitrogens with zero attached hydrogens (tertiary/aromatic N) is 1. The predicted molar refractivity (Wildman–Crippen MR) is 65.3 cm³/mol. The summed E-state index contributed by atoms with van der Waals surface area (Å²) in [7, 11) is 0. The Hall–Kier alpha value is -0.570. The van der Waals surface area contributed by atoms with Crippen LogP contribution in [0.15, 0.2) is 0 Å². The predicted octanol–water partition coefficient (Wildman–Crippen LogP) is 1.92. The van der Waals surface area contributed by atoms with Gasteiger partial charge in [0, 0.05) is 31.6 Å². The molecule has 0 aromatic heterocycles. The Kier molecular flexibility index (Phi) is 4.22. The SMILES string of the molecule is CCC(=O)N1CCCC(NC2CCCC2)C1. The lowest BCUT2D eigenvalue weighted by Gasteiger charge is -2.34. The zero-order valence-corrected chi connectivity index (χ0v) is 10.4. The summed E-state index contributed by atoms with van der Waals surface area (Å²) >= 11 is 0. The Morgan fingerprint density at radius 1 is 1.19 bits per heavy atom. The van der Waals surface area contributed by atoms with Gasteiger partial charge in [0.2, 0.25) is 5.91 Å². The van der Waals surface area contributed by atoms with Gasteiger partial charge in [-0.15, -0.1) is 0 Å². The summed E-state index contributed by atoms with van der Waals surface area (Å²) in [6, 6.07) is 1.27. The number of carbonyl (C=O) groups excluding carboxylic acids is 1. The van der Waals surface area contributed by atoms with E-state index in [9.17, 15) is 4.79 Å². The molecule has 3 nitrogen and oxygen atoms in total. The number of rotatable bonds is 3. The molecule has 1 saturated carbocycles. The molecule has 92 valence electrons. The molecular formula is C13H24N2O. The molecule has 1 N–H and O–H groups in total. The maximum absolute atomic E-state index is 11.6. The van der Waals surface area contributed by atoms with Gasteiger partial charge in [0.1, 0.15) is 0 Å². The van der Waals surface area contributed by atoms with E-state index in [1.54, 1.807) is 0 Å². The van der Waals surface area contributed by atoms with Crippen molar-refractivity contribution < 1.29 is 4.79 Å². The lowest BCUT2D eigenvalue weighted by molar-refractivity contribution is -0.132. The third-order valence-corrected chi connectivity index (χ3v) is 3.90. The molecule has 2 aliphatic rings. The third-order valence-electron chi connectivity index (χ3n) is 3.90. The second kappa shape index (κ2) is 5.67. The van der Waals surface area contributed by atoms with Crippen molar-refractivity contribution in [3.05, 3.63) is 0 Å². The van der Waals surface area contributed by atoms with Crippen LogP contribution in [-0.2, 0) is 4.79 Å². The maximum Gasteiger partial charge on any atom is 0.222 e. The molecule has 1 aliphatic heterocycles. The van der Waals surface area contributed by atoms with E-state index in [4.69, 9.17) is 0 Å². The minimum atomic E-state index is 0.318. The first-order chi connectivity index (χ1) is 7.79. The van der Waals surface area contributed by atoms with Crippen LogP contribution in [0.5, 0.6) is 0 Å². The van der Waals surface area contributed by atoms with Crippen LogP contribution in [0.1, 0.15) is 51.9 Å². The van der Waals surface area contributed by atoms with Crippen molar-refractivity contribution in [2.24, 2.45) is 0 Å². The largest absolute Gasteiger partial charge is 0.341 e. The molecule has 2 rings (SSSR count). The minimum Gasteiger partial charge on any atom is -0.341 e. The van der Waals surface area contributed by atoms with E-state index in [1.807, 2.05) is 11.8 Å². The second-order valence-electron chi connectivity index (χ2n) is 5.18. The lowest BCUT2D eigenvalue weighted by Crippen LogP contribution is -2.50. The highest BCUT2D eigenvalue weighted by Gasteiger charge is 2.25. The number of hydrogen-bond acceptors (Lipinski definition) is 2. The van der Waals surface area contributed by atoms with Gasteiger partial charge in [0.05, 0.1) is 0 Å². The van der Waals surface area contributed by atoms with Gasteiger partial charge in [-0.1, -0.05) is 19.8 Å². The van der Waals surface area contributed by atoms with E-state index < -0.39 is 0 Å². The van der Waals surface area contributed by atoms with Crippen molar-refractivity contribution in [2.75, 3.05) is 13.1 Å². The van der Waals surface area contributed by atoms with Crippen molar-refractivity contribution in [3.63, 3.8) is 0 Å². The lowest BCUT2D eigenvalue weighted by atomic mass is 10.0. The fourth-order valence-corrected chi connectivity index (χ4v) is 2.99. The van der Waals surface area contributed by atoms with Gasteiger partial charge in [-0.05, 0) is 25.7 Å². The van der Waals surface area contributed by atoms with Crippen LogP contribution >= 0.6 is 0 Å². The van der Waals surface area contributed by atoms with Gasteiger partial charge in [-0.3, -0.25) is 4.79 Å². The molecule has 0 aromatic rings. The molecule has 0 radical (unpaired) electrons. The van der Waals surface area contributed by atoms with Crippen LogP contribution in [0, 0.1) is 0 Å². The number of carbonyl (C=O) groups is 1. The molecule has 0 spiro atoms. The van der Waals surface area contributed by atoms with Crippen molar-refractivity contribution in [1.82, 2.24) is 10.2 Å². The number of nitrogens with one attached hydrogen (secondary N) is 1. The van der Waals surface area contributed by atoms with Crippen molar-refractivity contribution in [1.29, 1.82) is 0 Å². The van der Waals surface area contributed by atoms with Crippen LogP contribution in [0.25, 0.3) is 0 Å². The van der Waals surface area contributed by atoms with E-state index in [-0.39, 0.29) is 0 Å². The number of piperidine rings is 1. The number of likely N-dealkylation sites (tertiary alicyclic amines) is 1. The zero-order valence-electron chi connectivity index (χ0n) is 10.4. The molecule has 2 fully saturated rings.